The van der Waals surface area contributed by atoms with Crippen LogP contribution in [0.2, 0.25) is 4.73 Å². The molecule has 0 spiro atoms. The van der Waals surface area contributed by atoms with Crippen LogP contribution in [0.4, 0.5) is 0 Å². The fourth-order valence-electron chi connectivity index (χ4n) is 1.13. The van der Waals surface area contributed by atoms with E-state index in [0.29, 0.717) is 12.2 Å². The van der Waals surface area contributed by atoms with Crippen LogP contribution in [0, 0.1) is 0 Å². The summed E-state index contributed by atoms with van der Waals surface area (Å²) in [7, 11) is 0. The van der Waals surface area contributed by atoms with Crippen molar-refractivity contribution in [2.45, 2.75) is 78.2 Å². The second-order valence-electron chi connectivity index (χ2n) is 5.56. The summed E-state index contributed by atoms with van der Waals surface area (Å²) in [4.78, 5) is 38.6. The summed E-state index contributed by atoms with van der Waals surface area (Å²) < 4.78 is 12.4. The molecule has 0 aromatic rings. The van der Waals surface area contributed by atoms with Crippen LogP contribution in [0.15, 0.2) is 0 Å². The number of hydrogen-bond donors (Lipinski definition) is 0. The Morgan fingerprint density at radius 2 is 1.08 bits per heavy atom. The molecule has 0 aliphatic rings. The standard InChI is InChI=1S/2C4H6O3.2C3H7O.C2H5.Ti/c2*1-3(5)2-4(6)7;2*1-3(2)4;1-2;/h2*2H2,1H3,(H,6,7);2*3H,1-2H3;1H2,2H3;/q;;2*-1;;+4/p-2. The minimum absolute atomic E-state index is 0.323. The van der Waals surface area contributed by atoms with Crippen LogP contribution in [0.1, 0.15) is 61.3 Å². The summed E-state index contributed by atoms with van der Waals surface area (Å²) in [5.41, 5.74) is 0. The monoisotopic (exact) mass is 397 g/mol. The molecule has 0 saturated carbocycles. The number of aliphatic carboxylic acids is 2. The molecule has 0 aliphatic heterocycles. The molecule has 0 heterocycles. The van der Waals surface area contributed by atoms with Gasteiger partial charge in [0.15, 0.2) is 0 Å². The SMILES string of the molecule is CC(=O)CC(=O)[O-].CC(=O)CC(=O)[O-].C[CH2][Ti+2]([O]C(C)C)[O]C(C)C. The third-order valence-electron chi connectivity index (χ3n) is 1.81. The first-order chi connectivity index (χ1) is 11.3. The van der Waals surface area contributed by atoms with Gasteiger partial charge in [-0.2, -0.15) is 0 Å². The molecule has 0 aromatic heterocycles. The van der Waals surface area contributed by atoms with Gasteiger partial charge in [0.05, 0.1) is 0 Å². The van der Waals surface area contributed by atoms with Gasteiger partial charge in [-0.1, -0.05) is 0 Å². The Morgan fingerprint density at radius 3 is 1.16 bits per heavy atom. The molecular weight excluding hydrogens is 368 g/mol. The van der Waals surface area contributed by atoms with E-state index in [9.17, 15) is 29.4 Å². The van der Waals surface area contributed by atoms with Gasteiger partial charge in [-0.15, -0.1) is 0 Å². The van der Waals surface area contributed by atoms with Gasteiger partial charge in [-0.05, 0) is 13.8 Å². The molecular formula is C16H29O8Ti. The zero-order valence-electron chi connectivity index (χ0n) is 16.0. The van der Waals surface area contributed by atoms with Gasteiger partial charge in [-0.3, -0.25) is 9.59 Å². The van der Waals surface area contributed by atoms with Gasteiger partial charge >= 0.3 is 76.8 Å². The van der Waals surface area contributed by atoms with E-state index in [1.165, 1.54) is 13.8 Å². The number of rotatable bonds is 9. The Hall–Kier alpha value is -1.09. The normalized spacial score (nSPS) is 9.48. The fourth-order valence-corrected chi connectivity index (χ4v) is 3.38. The third kappa shape index (κ3) is 35.0. The van der Waals surface area contributed by atoms with Gasteiger partial charge < -0.3 is 19.8 Å². The van der Waals surface area contributed by atoms with Gasteiger partial charge in [0.1, 0.15) is 11.6 Å². The first-order valence-electron chi connectivity index (χ1n) is 7.89. The van der Waals surface area contributed by atoms with Crippen molar-refractivity contribution in [2.24, 2.45) is 0 Å². The van der Waals surface area contributed by atoms with Crippen molar-refractivity contribution in [3.05, 3.63) is 0 Å². The molecule has 8 nitrogen and oxygen atoms in total. The van der Waals surface area contributed by atoms with Gasteiger partial charge in [0, 0.05) is 24.8 Å². The number of carbonyl (C=O) groups excluding carboxylic acids is 4. The van der Waals surface area contributed by atoms with Crippen LogP contribution in [0.5, 0.6) is 0 Å². The second-order valence-corrected chi connectivity index (χ2v) is 8.56. The summed E-state index contributed by atoms with van der Waals surface area (Å²) in [5.74, 6) is -3.37. The topological polar surface area (TPSA) is 133 Å². The van der Waals surface area contributed by atoms with Crippen LogP contribution in [-0.4, -0.2) is 35.7 Å². The first kappa shape index (κ1) is 28.7. The van der Waals surface area contributed by atoms with Crippen molar-refractivity contribution in [2.75, 3.05) is 0 Å². The molecule has 0 atom stereocenters. The Balaban J connectivity index is -0.000000304. The van der Waals surface area contributed by atoms with Crippen LogP contribution < -0.4 is 10.2 Å². The van der Waals surface area contributed by atoms with E-state index in [2.05, 4.69) is 34.6 Å². The average molecular weight is 397 g/mol. The predicted molar refractivity (Wildman–Crippen MR) is 83.5 cm³/mol. The zero-order chi connectivity index (χ0) is 20.6. The predicted octanol–water partition coefficient (Wildman–Crippen LogP) is 0.154. The van der Waals surface area contributed by atoms with Crippen molar-refractivity contribution in [1.82, 2.24) is 0 Å². The summed E-state index contributed by atoms with van der Waals surface area (Å²) in [6.07, 6.45) is -0.299. The molecule has 0 aromatic carbocycles. The quantitative estimate of drug-likeness (QED) is 0.397. The summed E-state index contributed by atoms with van der Waals surface area (Å²) in [5, 5.41) is 19.0. The number of carboxylic acid groups (broad SMARTS) is 2. The maximum absolute atomic E-state index is 9.83. The average Bonchev–Trinajstić information content (AvgIpc) is 2.34. The molecule has 145 valence electrons. The van der Waals surface area contributed by atoms with Gasteiger partial charge in [0.2, 0.25) is 0 Å². The van der Waals surface area contributed by atoms with E-state index in [4.69, 9.17) is 6.64 Å². The second kappa shape index (κ2) is 17.7. The van der Waals surface area contributed by atoms with Crippen LogP contribution in [-0.2, 0) is 44.5 Å². The van der Waals surface area contributed by atoms with E-state index in [0.717, 1.165) is 4.73 Å². The number of carboxylic acids is 2. The molecule has 0 rings (SSSR count). The van der Waals surface area contributed by atoms with E-state index >= 15 is 0 Å². The number of hydrogen-bond acceptors (Lipinski definition) is 8. The van der Waals surface area contributed by atoms with Crippen molar-refractivity contribution >= 4 is 23.5 Å². The van der Waals surface area contributed by atoms with Crippen molar-refractivity contribution < 1.29 is 54.7 Å². The van der Waals surface area contributed by atoms with Crippen LogP contribution in [0.25, 0.3) is 0 Å². The molecule has 0 N–H and O–H groups in total. The minimum atomic E-state index is -1.59. The van der Waals surface area contributed by atoms with Gasteiger partial charge in [0.25, 0.3) is 0 Å². The number of carbonyl (C=O) groups is 4. The number of Topliss-reactive ketones (excluding diaryl/α,β-unsaturated/α-hetero) is 2. The third-order valence-corrected chi connectivity index (χ3v) is 5.00. The van der Waals surface area contributed by atoms with Crippen LogP contribution >= 0.6 is 0 Å². The fraction of sp³-hybridized carbons (Fsp3) is 0.750. The Morgan fingerprint density at radius 1 is 0.800 bits per heavy atom. The van der Waals surface area contributed by atoms with E-state index in [1.807, 2.05) is 0 Å². The zero-order valence-corrected chi connectivity index (χ0v) is 17.6. The Bertz CT molecular complexity index is 347. The van der Waals surface area contributed by atoms with E-state index in [1.54, 1.807) is 0 Å². The molecule has 9 heteroatoms. The van der Waals surface area contributed by atoms with E-state index in [-0.39, 0.29) is 11.6 Å². The first-order valence-corrected chi connectivity index (χ1v) is 10.3. The summed E-state index contributed by atoms with van der Waals surface area (Å²) in [6.45, 7) is 12.8. The van der Waals surface area contributed by atoms with Crippen molar-refractivity contribution in [3.63, 3.8) is 0 Å². The Labute approximate surface area is 156 Å². The van der Waals surface area contributed by atoms with Crippen molar-refractivity contribution in [1.29, 1.82) is 0 Å². The van der Waals surface area contributed by atoms with E-state index < -0.39 is 43.4 Å². The molecule has 25 heavy (non-hydrogen) atoms. The molecule has 0 saturated heterocycles. The molecule has 0 bridgehead atoms. The van der Waals surface area contributed by atoms with Crippen molar-refractivity contribution in [3.8, 4) is 0 Å². The molecule has 0 fully saturated rings. The maximum atomic E-state index is 9.83. The van der Waals surface area contributed by atoms with Gasteiger partial charge in [-0.25, -0.2) is 0 Å². The molecule has 0 unspecified atom stereocenters. The molecule has 0 radical (unpaired) electrons. The molecule has 0 amide bonds. The van der Waals surface area contributed by atoms with Crippen LogP contribution in [0.3, 0.4) is 0 Å². The molecule has 0 aliphatic carbocycles. The Kier molecular flexibility index (Phi) is 20.4. The number of ketones is 2. The summed E-state index contributed by atoms with van der Waals surface area (Å²) >= 11 is -1.59. The summed E-state index contributed by atoms with van der Waals surface area (Å²) in [6, 6.07) is 0.